The second-order valence-electron chi connectivity index (χ2n) is 5.85. The van der Waals surface area contributed by atoms with E-state index in [4.69, 9.17) is 0 Å². The monoisotopic (exact) mass is 332 g/mol. The number of aryl methyl sites for hydroxylation is 1. The van der Waals surface area contributed by atoms with Crippen molar-refractivity contribution in [3.8, 4) is 0 Å². The quantitative estimate of drug-likeness (QED) is 0.809. The van der Waals surface area contributed by atoms with E-state index in [0.29, 0.717) is 18.5 Å². The van der Waals surface area contributed by atoms with Gasteiger partial charge in [-0.2, -0.15) is 0 Å². The lowest BCUT2D eigenvalue weighted by molar-refractivity contribution is 0.159. The molecule has 126 valence electrons. The van der Waals surface area contributed by atoms with Crippen molar-refractivity contribution in [2.45, 2.75) is 31.9 Å². The molecule has 3 N–H and O–H groups in total. The molecule has 1 aliphatic rings. The van der Waals surface area contributed by atoms with Crippen LogP contribution in [0.4, 0.5) is 19.3 Å². The molecule has 1 unspecified atom stereocenters. The van der Waals surface area contributed by atoms with Crippen LogP contribution < -0.4 is 10.6 Å². The Bertz CT molecular complexity index is 744. The van der Waals surface area contributed by atoms with Crippen molar-refractivity contribution in [1.82, 2.24) is 5.32 Å². The van der Waals surface area contributed by atoms with Crippen molar-refractivity contribution in [1.29, 1.82) is 0 Å². The molecule has 2 aromatic carbocycles. The van der Waals surface area contributed by atoms with Gasteiger partial charge in [-0.3, -0.25) is 0 Å². The van der Waals surface area contributed by atoms with Gasteiger partial charge in [-0.1, -0.05) is 18.2 Å². The molecule has 4 nitrogen and oxygen atoms in total. The van der Waals surface area contributed by atoms with Gasteiger partial charge >= 0.3 is 6.03 Å². The molecule has 0 fully saturated rings. The maximum absolute atomic E-state index is 13.6. The van der Waals surface area contributed by atoms with Gasteiger partial charge in [0.25, 0.3) is 0 Å². The minimum Gasteiger partial charge on any atom is -0.393 e. The van der Waals surface area contributed by atoms with Gasteiger partial charge in [0.05, 0.1) is 12.6 Å². The fourth-order valence-electron chi connectivity index (χ4n) is 2.92. The number of nitrogens with one attached hydrogen (secondary N) is 2. The lowest BCUT2D eigenvalue weighted by Gasteiger charge is -2.23. The standard InChI is InChI=1S/C18H18F2N2O2/c19-15-4-2-5-16(20)14(15)10-21-18(24)22-17-6-1-3-11-7-8-12(23)9-13(11)17/h1-6,12,23H,7-10H2,(H2,21,22,24). The lowest BCUT2D eigenvalue weighted by Crippen LogP contribution is -2.30. The number of aliphatic hydroxyl groups excluding tert-OH is 1. The molecular formula is C18H18F2N2O2. The van der Waals surface area contributed by atoms with Crippen molar-refractivity contribution in [3.05, 3.63) is 64.7 Å². The predicted molar refractivity (Wildman–Crippen MR) is 86.7 cm³/mol. The second-order valence-corrected chi connectivity index (χ2v) is 5.85. The fraction of sp³-hybridized carbons (Fsp3) is 0.278. The van der Waals surface area contributed by atoms with Crippen LogP contribution in [0.2, 0.25) is 0 Å². The third-order valence-corrected chi connectivity index (χ3v) is 4.20. The Balaban J connectivity index is 1.68. The highest BCUT2D eigenvalue weighted by molar-refractivity contribution is 5.90. The molecule has 0 bridgehead atoms. The molecular weight excluding hydrogens is 314 g/mol. The summed E-state index contributed by atoms with van der Waals surface area (Å²) >= 11 is 0. The second kappa shape index (κ2) is 6.97. The Morgan fingerprint density at radius 1 is 1.17 bits per heavy atom. The number of urea groups is 1. The summed E-state index contributed by atoms with van der Waals surface area (Å²) < 4.78 is 27.1. The number of amides is 2. The topological polar surface area (TPSA) is 61.4 Å². The summed E-state index contributed by atoms with van der Waals surface area (Å²) in [5.74, 6) is -1.40. The fourth-order valence-corrected chi connectivity index (χ4v) is 2.92. The molecule has 0 aromatic heterocycles. The van der Waals surface area contributed by atoms with E-state index in [2.05, 4.69) is 10.6 Å². The summed E-state index contributed by atoms with van der Waals surface area (Å²) in [6.07, 6.45) is 1.52. The number of aliphatic hydroxyl groups is 1. The Morgan fingerprint density at radius 3 is 2.62 bits per heavy atom. The van der Waals surface area contributed by atoms with Crippen LogP contribution in [0.3, 0.4) is 0 Å². The molecule has 24 heavy (non-hydrogen) atoms. The number of carbonyl (C=O) groups excluding carboxylic acids is 1. The highest BCUT2D eigenvalue weighted by Gasteiger charge is 2.20. The van der Waals surface area contributed by atoms with E-state index in [1.54, 1.807) is 6.07 Å². The van der Waals surface area contributed by atoms with Crippen LogP contribution in [0.25, 0.3) is 0 Å². The van der Waals surface area contributed by atoms with Crippen molar-refractivity contribution >= 4 is 11.7 Å². The number of hydrogen-bond acceptors (Lipinski definition) is 2. The van der Waals surface area contributed by atoms with Crippen LogP contribution in [0, 0.1) is 11.6 Å². The van der Waals surface area contributed by atoms with Crippen LogP contribution in [-0.2, 0) is 19.4 Å². The molecule has 0 saturated heterocycles. The summed E-state index contributed by atoms with van der Waals surface area (Å²) in [6, 6.07) is 8.57. The van der Waals surface area contributed by atoms with E-state index < -0.39 is 23.8 Å². The number of anilines is 1. The Kier molecular flexibility index (Phi) is 4.76. The van der Waals surface area contributed by atoms with E-state index in [1.165, 1.54) is 6.07 Å². The lowest BCUT2D eigenvalue weighted by atomic mass is 9.88. The van der Waals surface area contributed by atoms with Crippen molar-refractivity contribution < 1.29 is 18.7 Å². The zero-order valence-corrected chi connectivity index (χ0v) is 13.0. The zero-order valence-electron chi connectivity index (χ0n) is 13.0. The SMILES string of the molecule is O=C(NCc1c(F)cccc1F)Nc1cccc2c1CC(O)CC2. The van der Waals surface area contributed by atoms with Gasteiger partial charge in [0.15, 0.2) is 0 Å². The molecule has 2 aromatic rings. The maximum atomic E-state index is 13.6. The summed E-state index contributed by atoms with van der Waals surface area (Å²) in [6.45, 7) is -0.248. The van der Waals surface area contributed by atoms with Crippen molar-refractivity contribution in [3.63, 3.8) is 0 Å². The zero-order chi connectivity index (χ0) is 17.1. The van der Waals surface area contributed by atoms with Gasteiger partial charge in [0, 0.05) is 17.7 Å². The predicted octanol–water partition coefficient (Wildman–Crippen LogP) is 3.14. The number of halogens is 2. The number of benzene rings is 2. The molecule has 0 radical (unpaired) electrons. The normalized spacial score (nSPS) is 16.4. The van der Waals surface area contributed by atoms with Crippen LogP contribution in [0.5, 0.6) is 0 Å². The molecule has 6 heteroatoms. The first-order valence-electron chi connectivity index (χ1n) is 7.81. The Hall–Kier alpha value is -2.47. The van der Waals surface area contributed by atoms with E-state index >= 15 is 0 Å². The first-order chi connectivity index (χ1) is 11.5. The third kappa shape index (κ3) is 3.54. The number of carbonyl (C=O) groups is 1. The van der Waals surface area contributed by atoms with Crippen LogP contribution >= 0.6 is 0 Å². The minimum absolute atomic E-state index is 0.182. The average molecular weight is 332 g/mol. The van der Waals surface area contributed by atoms with Crippen molar-refractivity contribution in [2.75, 3.05) is 5.32 Å². The van der Waals surface area contributed by atoms with E-state index in [-0.39, 0.29) is 12.1 Å². The average Bonchev–Trinajstić information content (AvgIpc) is 2.55. The molecule has 3 rings (SSSR count). The molecule has 0 saturated carbocycles. The summed E-state index contributed by atoms with van der Waals surface area (Å²) in [4.78, 5) is 12.0. The largest absolute Gasteiger partial charge is 0.393 e. The summed E-state index contributed by atoms with van der Waals surface area (Å²) in [5, 5.41) is 15.0. The smallest absolute Gasteiger partial charge is 0.319 e. The van der Waals surface area contributed by atoms with E-state index in [0.717, 1.165) is 29.7 Å². The van der Waals surface area contributed by atoms with Crippen molar-refractivity contribution in [2.24, 2.45) is 0 Å². The third-order valence-electron chi connectivity index (χ3n) is 4.20. The van der Waals surface area contributed by atoms with Crippen LogP contribution in [-0.4, -0.2) is 17.2 Å². The van der Waals surface area contributed by atoms with Gasteiger partial charge in [0.1, 0.15) is 11.6 Å². The molecule has 1 atom stereocenters. The van der Waals surface area contributed by atoms with E-state index in [9.17, 15) is 18.7 Å². The van der Waals surface area contributed by atoms with E-state index in [1.807, 2.05) is 12.1 Å². The highest BCUT2D eigenvalue weighted by Crippen LogP contribution is 2.28. The highest BCUT2D eigenvalue weighted by atomic mass is 19.1. The number of fused-ring (bicyclic) bond motifs is 1. The van der Waals surface area contributed by atoms with Gasteiger partial charge in [-0.15, -0.1) is 0 Å². The van der Waals surface area contributed by atoms with Gasteiger partial charge in [-0.25, -0.2) is 13.6 Å². The molecule has 2 amide bonds. The molecule has 0 spiro atoms. The minimum atomic E-state index is -0.699. The summed E-state index contributed by atoms with van der Waals surface area (Å²) in [5.41, 5.74) is 2.43. The number of rotatable bonds is 3. The first-order valence-corrected chi connectivity index (χ1v) is 7.81. The summed E-state index contributed by atoms with van der Waals surface area (Å²) in [7, 11) is 0. The molecule has 0 heterocycles. The Labute approximate surface area is 138 Å². The Morgan fingerprint density at radius 2 is 1.88 bits per heavy atom. The number of hydrogen-bond donors (Lipinski definition) is 3. The molecule has 0 aliphatic heterocycles. The molecule has 1 aliphatic carbocycles. The van der Waals surface area contributed by atoms with Gasteiger partial charge < -0.3 is 15.7 Å². The van der Waals surface area contributed by atoms with Gasteiger partial charge in [0.2, 0.25) is 0 Å². The maximum Gasteiger partial charge on any atom is 0.319 e. The van der Waals surface area contributed by atoms with Gasteiger partial charge in [-0.05, 0) is 42.2 Å². The van der Waals surface area contributed by atoms with Crippen LogP contribution in [0.15, 0.2) is 36.4 Å². The first kappa shape index (κ1) is 16.4. The van der Waals surface area contributed by atoms with Crippen LogP contribution in [0.1, 0.15) is 23.1 Å².